The van der Waals surface area contributed by atoms with Crippen molar-refractivity contribution in [1.29, 1.82) is 0 Å². The lowest BCUT2D eigenvalue weighted by molar-refractivity contribution is 0.564. The minimum Gasteiger partial charge on any atom is -0.472 e. The van der Waals surface area contributed by atoms with Crippen LogP contribution in [-0.4, -0.2) is 9.97 Å². The van der Waals surface area contributed by atoms with E-state index >= 15 is 0 Å². The molecule has 0 fully saturated rings. The van der Waals surface area contributed by atoms with Crippen LogP contribution in [0.15, 0.2) is 41.3 Å². The summed E-state index contributed by atoms with van der Waals surface area (Å²) in [6, 6.07) is 5.50. The highest BCUT2D eigenvalue weighted by molar-refractivity contribution is 7.80. The molecule has 0 bridgehead atoms. The second kappa shape index (κ2) is 4.76. The first-order chi connectivity index (χ1) is 7.75. The van der Waals surface area contributed by atoms with Crippen LogP contribution in [0, 0.1) is 0 Å². The highest BCUT2D eigenvalue weighted by atomic mass is 32.1. The summed E-state index contributed by atoms with van der Waals surface area (Å²) < 4.78 is 4.96. The summed E-state index contributed by atoms with van der Waals surface area (Å²) in [4.78, 5) is 4.53. The molecule has 0 aromatic carbocycles. The van der Waals surface area contributed by atoms with Crippen LogP contribution in [0.1, 0.15) is 11.1 Å². The third-order valence-electron chi connectivity index (χ3n) is 2.10. The smallest absolute Gasteiger partial charge is 0.126 e. The molecule has 0 saturated carbocycles. The average molecular weight is 233 g/mol. The van der Waals surface area contributed by atoms with E-state index < -0.39 is 0 Å². The maximum Gasteiger partial charge on any atom is 0.126 e. The number of nitrogens with two attached hydrogens (primary N) is 1. The zero-order valence-electron chi connectivity index (χ0n) is 8.51. The number of furan rings is 1. The number of nitrogens with one attached hydrogen (secondary N) is 1. The van der Waals surface area contributed by atoms with Gasteiger partial charge in [-0.2, -0.15) is 0 Å². The van der Waals surface area contributed by atoms with E-state index in [0.29, 0.717) is 11.5 Å². The Hall–Kier alpha value is -1.88. The Morgan fingerprint density at radius 2 is 2.38 bits per heavy atom. The van der Waals surface area contributed by atoms with E-state index in [9.17, 15) is 0 Å². The topological polar surface area (TPSA) is 64.1 Å². The molecule has 0 aliphatic carbocycles. The molecule has 16 heavy (non-hydrogen) atoms. The van der Waals surface area contributed by atoms with Crippen molar-refractivity contribution in [3.05, 3.63) is 48.0 Å². The maximum atomic E-state index is 5.53. The summed E-state index contributed by atoms with van der Waals surface area (Å²) in [6.07, 6.45) is 4.99. The Morgan fingerprint density at radius 1 is 1.50 bits per heavy atom. The first-order valence-corrected chi connectivity index (χ1v) is 5.17. The molecule has 2 heterocycles. The van der Waals surface area contributed by atoms with Gasteiger partial charge in [-0.25, -0.2) is 4.98 Å². The fourth-order valence-corrected chi connectivity index (χ4v) is 1.39. The van der Waals surface area contributed by atoms with Gasteiger partial charge in [0.25, 0.3) is 0 Å². The molecule has 5 heteroatoms. The Morgan fingerprint density at radius 3 is 3.06 bits per heavy atom. The molecule has 0 aliphatic heterocycles. The molecule has 0 aliphatic rings. The molecule has 4 nitrogen and oxygen atoms in total. The van der Waals surface area contributed by atoms with E-state index in [4.69, 9.17) is 22.4 Å². The summed E-state index contributed by atoms with van der Waals surface area (Å²) in [5.41, 5.74) is 7.40. The summed E-state index contributed by atoms with van der Waals surface area (Å²) in [6.45, 7) is 0.657. The van der Waals surface area contributed by atoms with Crippen molar-refractivity contribution in [3.8, 4) is 0 Å². The second-order valence-electron chi connectivity index (χ2n) is 3.28. The van der Waals surface area contributed by atoms with Gasteiger partial charge in [-0.15, -0.1) is 0 Å². The number of anilines is 1. The van der Waals surface area contributed by atoms with Crippen molar-refractivity contribution >= 4 is 23.0 Å². The lowest BCUT2D eigenvalue weighted by Crippen LogP contribution is -2.10. The van der Waals surface area contributed by atoms with E-state index in [1.54, 1.807) is 24.8 Å². The van der Waals surface area contributed by atoms with Crippen molar-refractivity contribution in [2.45, 2.75) is 6.54 Å². The molecule has 2 aromatic heterocycles. The van der Waals surface area contributed by atoms with Crippen LogP contribution in [0.2, 0.25) is 0 Å². The third kappa shape index (κ3) is 2.58. The molecule has 0 amide bonds. The van der Waals surface area contributed by atoms with Gasteiger partial charge in [-0.05, 0) is 18.2 Å². The van der Waals surface area contributed by atoms with Crippen LogP contribution in [-0.2, 0) is 6.54 Å². The molecule has 0 unspecified atom stereocenters. The highest BCUT2D eigenvalue weighted by Gasteiger charge is 2.00. The molecule has 82 valence electrons. The van der Waals surface area contributed by atoms with Crippen molar-refractivity contribution in [2.75, 3.05) is 5.32 Å². The zero-order chi connectivity index (χ0) is 11.4. The van der Waals surface area contributed by atoms with Gasteiger partial charge in [0.2, 0.25) is 0 Å². The van der Waals surface area contributed by atoms with Gasteiger partial charge in [0, 0.05) is 23.9 Å². The molecule has 0 saturated heterocycles. The van der Waals surface area contributed by atoms with Crippen molar-refractivity contribution in [2.24, 2.45) is 5.73 Å². The number of hydrogen-bond acceptors (Lipinski definition) is 4. The van der Waals surface area contributed by atoms with Crippen LogP contribution in [0.3, 0.4) is 0 Å². The monoisotopic (exact) mass is 233 g/mol. The Balaban J connectivity index is 2.04. The van der Waals surface area contributed by atoms with Gasteiger partial charge in [-0.1, -0.05) is 12.2 Å². The van der Waals surface area contributed by atoms with Crippen LogP contribution in [0.4, 0.5) is 5.82 Å². The van der Waals surface area contributed by atoms with Crippen LogP contribution >= 0.6 is 12.2 Å². The Bertz CT molecular complexity index is 482. The first kappa shape index (κ1) is 10.6. The molecule has 3 N–H and O–H groups in total. The van der Waals surface area contributed by atoms with Crippen molar-refractivity contribution in [3.63, 3.8) is 0 Å². The summed E-state index contributed by atoms with van der Waals surface area (Å²) >= 11 is 4.89. The number of thiocarbonyl (C=S) groups is 1. The fourth-order valence-electron chi connectivity index (χ4n) is 1.27. The molecule has 0 atom stereocenters. The van der Waals surface area contributed by atoms with E-state index in [1.807, 2.05) is 12.1 Å². The minimum absolute atomic E-state index is 0.369. The molecule has 0 radical (unpaired) electrons. The highest BCUT2D eigenvalue weighted by Crippen LogP contribution is 2.09. The van der Waals surface area contributed by atoms with Gasteiger partial charge >= 0.3 is 0 Å². The zero-order valence-corrected chi connectivity index (χ0v) is 9.33. The quantitative estimate of drug-likeness (QED) is 0.790. The van der Waals surface area contributed by atoms with Gasteiger partial charge in [0.1, 0.15) is 10.8 Å². The number of hydrogen-bond donors (Lipinski definition) is 2. The normalized spacial score (nSPS) is 10.0. The Labute approximate surface area is 98.5 Å². The molecule has 2 aromatic rings. The maximum absolute atomic E-state index is 5.53. The van der Waals surface area contributed by atoms with Gasteiger partial charge < -0.3 is 15.5 Å². The predicted octanol–water partition coefficient (Wildman–Crippen LogP) is 1.92. The van der Waals surface area contributed by atoms with E-state index in [2.05, 4.69) is 10.3 Å². The summed E-state index contributed by atoms with van der Waals surface area (Å²) in [5, 5.41) is 3.16. The first-order valence-electron chi connectivity index (χ1n) is 4.76. The minimum atomic E-state index is 0.369. The lowest BCUT2D eigenvalue weighted by Gasteiger charge is -2.05. The SMILES string of the molecule is NC(=S)c1ccnc(NCc2ccoc2)c1. The van der Waals surface area contributed by atoms with Crippen molar-refractivity contribution < 1.29 is 4.42 Å². The molecule has 2 rings (SSSR count). The summed E-state index contributed by atoms with van der Waals surface area (Å²) in [5.74, 6) is 0.742. The van der Waals surface area contributed by atoms with Gasteiger partial charge in [-0.3, -0.25) is 0 Å². The second-order valence-corrected chi connectivity index (χ2v) is 3.72. The number of nitrogens with zero attached hydrogens (tertiary/aromatic N) is 1. The number of rotatable bonds is 4. The predicted molar refractivity (Wildman–Crippen MR) is 66.2 cm³/mol. The van der Waals surface area contributed by atoms with E-state index in [1.165, 1.54) is 0 Å². The summed E-state index contributed by atoms with van der Waals surface area (Å²) in [7, 11) is 0. The standard InChI is InChI=1S/C11H11N3OS/c12-11(16)9-1-3-13-10(5-9)14-6-8-2-4-15-7-8/h1-5,7H,6H2,(H2,12,16)(H,13,14). The lowest BCUT2D eigenvalue weighted by atomic mass is 10.2. The van der Waals surface area contributed by atoms with Crippen LogP contribution in [0.5, 0.6) is 0 Å². The van der Waals surface area contributed by atoms with Crippen LogP contribution in [0.25, 0.3) is 0 Å². The van der Waals surface area contributed by atoms with Crippen molar-refractivity contribution in [1.82, 2.24) is 4.98 Å². The van der Waals surface area contributed by atoms with Gasteiger partial charge in [0.15, 0.2) is 0 Å². The molecular formula is C11H11N3OS. The van der Waals surface area contributed by atoms with E-state index in [0.717, 1.165) is 16.9 Å². The molecule has 0 spiro atoms. The average Bonchev–Trinajstić information content (AvgIpc) is 2.79. The van der Waals surface area contributed by atoms with Crippen LogP contribution < -0.4 is 11.1 Å². The largest absolute Gasteiger partial charge is 0.472 e. The Kier molecular flexibility index (Phi) is 3.16. The van der Waals surface area contributed by atoms with Gasteiger partial charge in [0.05, 0.1) is 12.5 Å². The number of pyridine rings is 1. The fraction of sp³-hybridized carbons (Fsp3) is 0.0909. The van der Waals surface area contributed by atoms with E-state index in [-0.39, 0.29) is 0 Å². The molecular weight excluding hydrogens is 222 g/mol. The third-order valence-corrected chi connectivity index (χ3v) is 2.33. The number of aromatic nitrogens is 1.